The van der Waals surface area contributed by atoms with Gasteiger partial charge in [0.1, 0.15) is 0 Å². The van der Waals surface area contributed by atoms with Crippen LogP contribution in [0.3, 0.4) is 0 Å². The molecule has 23 heavy (non-hydrogen) atoms. The van der Waals surface area contributed by atoms with Gasteiger partial charge in [0.25, 0.3) is 5.91 Å². The molecule has 2 aromatic rings. The van der Waals surface area contributed by atoms with Crippen LogP contribution in [0.1, 0.15) is 16.8 Å². The van der Waals surface area contributed by atoms with Gasteiger partial charge in [0.15, 0.2) is 0 Å². The Hall–Kier alpha value is -0.920. The van der Waals surface area contributed by atoms with E-state index in [0.29, 0.717) is 5.56 Å². The maximum atomic E-state index is 12.1. The lowest BCUT2D eigenvalue weighted by Gasteiger charge is -2.27. The smallest absolute Gasteiger partial charge is 0.251 e. The first-order chi connectivity index (χ1) is 10.3. The predicted molar refractivity (Wildman–Crippen MR) is 100 cm³/mol. The number of hydrogen-bond donors (Lipinski definition) is 2. The van der Waals surface area contributed by atoms with Crippen LogP contribution in [-0.2, 0) is 0 Å². The van der Waals surface area contributed by atoms with Crippen LogP contribution >= 0.6 is 36.2 Å². The molecule has 128 valence electrons. The van der Waals surface area contributed by atoms with E-state index in [0.717, 1.165) is 55.9 Å². The highest BCUT2D eigenvalue weighted by Crippen LogP contribution is 2.18. The number of piperazine rings is 1. The summed E-state index contributed by atoms with van der Waals surface area (Å²) < 4.78 is 1.06. The number of rotatable bonds is 5. The molecular weight excluding hydrogens is 355 g/mol. The zero-order valence-electron chi connectivity index (χ0n) is 12.8. The van der Waals surface area contributed by atoms with Crippen molar-refractivity contribution >= 4 is 52.3 Å². The molecule has 0 unspecified atom stereocenters. The third-order valence-electron chi connectivity index (χ3n) is 3.74. The van der Waals surface area contributed by atoms with Gasteiger partial charge in [0, 0.05) is 38.3 Å². The Bertz CT molecular complexity index is 616. The first kappa shape index (κ1) is 20.1. The van der Waals surface area contributed by atoms with Crippen LogP contribution in [0.4, 0.5) is 0 Å². The second kappa shape index (κ2) is 10.1. The Kier molecular flexibility index (Phi) is 8.79. The van der Waals surface area contributed by atoms with Gasteiger partial charge in [-0.1, -0.05) is 0 Å². The van der Waals surface area contributed by atoms with E-state index in [1.807, 2.05) is 18.2 Å². The lowest BCUT2D eigenvalue weighted by molar-refractivity contribution is 0.0951. The van der Waals surface area contributed by atoms with Gasteiger partial charge in [-0.05, 0) is 31.2 Å². The minimum absolute atomic E-state index is 0. The largest absolute Gasteiger partial charge is 0.352 e. The van der Waals surface area contributed by atoms with Gasteiger partial charge < -0.3 is 15.5 Å². The van der Waals surface area contributed by atoms with E-state index in [9.17, 15) is 4.79 Å². The number of carbonyl (C=O) groups is 1. The molecule has 1 aliphatic heterocycles. The number of benzene rings is 1. The third kappa shape index (κ3) is 5.58. The number of halogens is 2. The number of fused-ring (bicyclic) bond motifs is 1. The minimum atomic E-state index is 0. The second-order valence-electron chi connectivity index (χ2n) is 5.24. The fraction of sp³-hybridized carbons (Fsp3) is 0.467. The van der Waals surface area contributed by atoms with E-state index in [4.69, 9.17) is 0 Å². The molecule has 1 aliphatic rings. The Labute approximate surface area is 152 Å². The predicted octanol–water partition coefficient (Wildman–Crippen LogP) is 2.17. The van der Waals surface area contributed by atoms with Crippen LogP contribution in [0, 0.1) is 0 Å². The van der Waals surface area contributed by atoms with Crippen molar-refractivity contribution < 1.29 is 4.79 Å². The SMILES string of the molecule is Cl.Cl.O=C(NCCCN1CCNCC1)c1ccc2ncsc2c1. The van der Waals surface area contributed by atoms with Crippen LogP contribution in [0.15, 0.2) is 23.7 Å². The highest BCUT2D eigenvalue weighted by atomic mass is 35.5. The Morgan fingerprint density at radius 1 is 1.30 bits per heavy atom. The number of thiazole rings is 1. The van der Waals surface area contributed by atoms with Crippen molar-refractivity contribution in [1.29, 1.82) is 0 Å². The monoisotopic (exact) mass is 376 g/mol. The molecule has 0 atom stereocenters. The van der Waals surface area contributed by atoms with Crippen molar-refractivity contribution in [2.24, 2.45) is 0 Å². The molecule has 0 aliphatic carbocycles. The maximum absolute atomic E-state index is 12.1. The number of carbonyl (C=O) groups excluding carboxylic acids is 1. The molecule has 1 amide bonds. The van der Waals surface area contributed by atoms with E-state index >= 15 is 0 Å². The molecule has 1 fully saturated rings. The summed E-state index contributed by atoms with van der Waals surface area (Å²) in [6, 6.07) is 5.66. The van der Waals surface area contributed by atoms with Gasteiger partial charge in [0.05, 0.1) is 15.7 Å². The first-order valence-electron chi connectivity index (χ1n) is 7.37. The van der Waals surface area contributed by atoms with Gasteiger partial charge >= 0.3 is 0 Å². The maximum Gasteiger partial charge on any atom is 0.251 e. The van der Waals surface area contributed by atoms with E-state index in [-0.39, 0.29) is 30.7 Å². The highest BCUT2D eigenvalue weighted by Gasteiger charge is 2.10. The Morgan fingerprint density at radius 3 is 2.87 bits per heavy atom. The molecule has 2 N–H and O–H groups in total. The fourth-order valence-corrected chi connectivity index (χ4v) is 3.25. The average molecular weight is 377 g/mol. The van der Waals surface area contributed by atoms with E-state index in [1.54, 1.807) is 16.8 Å². The molecule has 1 aromatic carbocycles. The second-order valence-corrected chi connectivity index (χ2v) is 6.12. The molecule has 8 heteroatoms. The summed E-state index contributed by atoms with van der Waals surface area (Å²) in [7, 11) is 0. The molecule has 0 radical (unpaired) electrons. The number of hydrogen-bond acceptors (Lipinski definition) is 5. The zero-order chi connectivity index (χ0) is 14.5. The average Bonchev–Trinajstić information content (AvgIpc) is 3.00. The standard InChI is InChI=1S/C15H20N4OS.2ClH/c20-15(12-2-3-13-14(10-12)21-11-18-13)17-4-1-7-19-8-5-16-6-9-19;;/h2-3,10-11,16H,1,4-9H2,(H,17,20);2*1H. The Morgan fingerprint density at radius 2 is 2.09 bits per heavy atom. The van der Waals surface area contributed by atoms with Crippen molar-refractivity contribution in [3.05, 3.63) is 29.3 Å². The minimum Gasteiger partial charge on any atom is -0.352 e. The molecular formula is C15H22Cl2N4OS. The summed E-state index contributed by atoms with van der Waals surface area (Å²) in [5, 5.41) is 6.34. The molecule has 1 saturated heterocycles. The third-order valence-corrected chi connectivity index (χ3v) is 4.53. The topological polar surface area (TPSA) is 57.3 Å². The number of nitrogens with one attached hydrogen (secondary N) is 2. The van der Waals surface area contributed by atoms with Crippen LogP contribution < -0.4 is 10.6 Å². The van der Waals surface area contributed by atoms with Gasteiger partial charge in [-0.25, -0.2) is 4.98 Å². The van der Waals surface area contributed by atoms with Gasteiger partial charge in [-0.3, -0.25) is 4.79 Å². The van der Waals surface area contributed by atoms with Crippen LogP contribution in [0.25, 0.3) is 10.2 Å². The summed E-state index contributed by atoms with van der Waals surface area (Å²) in [6.07, 6.45) is 0.995. The lowest BCUT2D eigenvalue weighted by atomic mass is 10.2. The lowest BCUT2D eigenvalue weighted by Crippen LogP contribution is -2.44. The summed E-state index contributed by atoms with van der Waals surface area (Å²) in [6.45, 7) is 6.13. The number of amides is 1. The molecule has 0 bridgehead atoms. The van der Waals surface area contributed by atoms with Gasteiger partial charge in [-0.15, -0.1) is 36.2 Å². The first-order valence-corrected chi connectivity index (χ1v) is 8.25. The van der Waals surface area contributed by atoms with Gasteiger partial charge in [-0.2, -0.15) is 0 Å². The van der Waals surface area contributed by atoms with Crippen molar-refractivity contribution in [1.82, 2.24) is 20.5 Å². The molecule has 3 rings (SSSR count). The van der Waals surface area contributed by atoms with Crippen molar-refractivity contribution in [2.75, 3.05) is 39.3 Å². The zero-order valence-corrected chi connectivity index (χ0v) is 15.2. The summed E-state index contributed by atoms with van der Waals surface area (Å²) >= 11 is 1.56. The van der Waals surface area contributed by atoms with E-state index in [1.165, 1.54) is 0 Å². The molecule has 0 saturated carbocycles. The molecule has 0 spiro atoms. The quantitative estimate of drug-likeness (QED) is 0.785. The summed E-state index contributed by atoms with van der Waals surface area (Å²) in [4.78, 5) is 18.8. The molecule has 1 aromatic heterocycles. The molecule has 2 heterocycles. The van der Waals surface area contributed by atoms with Crippen LogP contribution in [0.5, 0.6) is 0 Å². The Balaban J connectivity index is 0.00000132. The van der Waals surface area contributed by atoms with E-state index in [2.05, 4.69) is 20.5 Å². The number of nitrogens with zero attached hydrogens (tertiary/aromatic N) is 2. The van der Waals surface area contributed by atoms with E-state index < -0.39 is 0 Å². The van der Waals surface area contributed by atoms with Crippen LogP contribution in [-0.4, -0.2) is 55.1 Å². The van der Waals surface area contributed by atoms with Crippen molar-refractivity contribution in [3.63, 3.8) is 0 Å². The normalized spacial score (nSPS) is 14.8. The number of aromatic nitrogens is 1. The summed E-state index contributed by atoms with van der Waals surface area (Å²) in [5.74, 6) is 0.00520. The molecule has 5 nitrogen and oxygen atoms in total. The van der Waals surface area contributed by atoms with Crippen molar-refractivity contribution in [2.45, 2.75) is 6.42 Å². The van der Waals surface area contributed by atoms with Crippen molar-refractivity contribution in [3.8, 4) is 0 Å². The highest BCUT2D eigenvalue weighted by molar-refractivity contribution is 7.16. The summed E-state index contributed by atoms with van der Waals surface area (Å²) in [5.41, 5.74) is 3.48. The fourth-order valence-electron chi connectivity index (χ4n) is 2.54. The van der Waals surface area contributed by atoms with Crippen LogP contribution in [0.2, 0.25) is 0 Å². The van der Waals surface area contributed by atoms with Gasteiger partial charge in [0.2, 0.25) is 0 Å².